The van der Waals surface area contributed by atoms with Crippen LogP contribution in [0.5, 0.6) is 0 Å². The molecule has 0 aromatic heterocycles. The minimum Gasteiger partial charge on any atom is -0.771 e. The van der Waals surface area contributed by atoms with Gasteiger partial charge in [-0.2, -0.15) is 0 Å². The number of hydrogen-bond donors (Lipinski definition) is 0. The third-order valence-corrected chi connectivity index (χ3v) is 6.85. The highest BCUT2D eigenvalue weighted by atomic mass is 80.0. The molecule has 2 atom stereocenters. The molecule has 0 aliphatic rings. The van der Waals surface area contributed by atoms with Crippen LogP contribution in [0.3, 0.4) is 0 Å². The van der Waals surface area contributed by atoms with Gasteiger partial charge in [0.05, 0.1) is 0 Å². The van der Waals surface area contributed by atoms with Gasteiger partial charge in [-0.05, 0) is 11.1 Å². The molecule has 0 aliphatic carbocycles. The molecule has 56 valence electrons. The second-order valence-corrected chi connectivity index (χ2v) is 10.6. The molecule has 0 radical (unpaired) electrons. The van der Waals surface area contributed by atoms with Gasteiger partial charge in [0.1, 0.15) is 4.16 Å². The Labute approximate surface area is 89.0 Å². The van der Waals surface area contributed by atoms with E-state index in [0.717, 1.165) is 0 Å². The molecule has 2 nitrogen and oxygen atoms in total. The first-order chi connectivity index (χ1) is 3.85. The second-order valence-electron chi connectivity index (χ2n) is 1.12. The molecule has 0 aromatic rings. The highest BCUT2D eigenvalue weighted by Crippen LogP contribution is 2.41. The Morgan fingerprint density at radius 1 is 1.44 bits per heavy atom. The normalized spacial score (nSPS) is 19.2. The van der Waals surface area contributed by atoms with E-state index in [-0.39, 0.29) is 0 Å². The van der Waals surface area contributed by atoms with E-state index in [2.05, 4.69) is 63.7 Å². The average molecular weight is 409 g/mol. The third kappa shape index (κ3) is 4.47. The van der Waals surface area contributed by atoms with Gasteiger partial charge in [-0.1, -0.05) is 63.7 Å². The molecule has 9 heavy (non-hydrogen) atoms. The maximum absolute atomic E-state index is 10.2. The standard InChI is InChI=1S/C2H2Br4O2S/c3-1(9(7)8)2(4,5)6/h1H,(H,7,8)/p-1. The van der Waals surface area contributed by atoms with Crippen LogP contribution < -0.4 is 0 Å². The van der Waals surface area contributed by atoms with E-state index in [1.165, 1.54) is 0 Å². The van der Waals surface area contributed by atoms with Crippen molar-refractivity contribution in [3.63, 3.8) is 0 Å². The van der Waals surface area contributed by atoms with Crippen LogP contribution in [0, 0.1) is 0 Å². The summed E-state index contributed by atoms with van der Waals surface area (Å²) in [6.07, 6.45) is 0. The molecule has 0 aromatic carbocycles. The van der Waals surface area contributed by atoms with E-state index < -0.39 is 17.4 Å². The summed E-state index contributed by atoms with van der Waals surface area (Å²) in [5.41, 5.74) is 0. The molecule has 0 bridgehead atoms. The predicted molar refractivity (Wildman–Crippen MR) is 51.1 cm³/mol. The van der Waals surface area contributed by atoms with Gasteiger partial charge in [0, 0.05) is 0 Å². The summed E-state index contributed by atoms with van der Waals surface area (Å²) in [5.74, 6) is 0. The van der Waals surface area contributed by atoms with Crippen molar-refractivity contribution in [3.05, 3.63) is 0 Å². The monoisotopic (exact) mass is 405 g/mol. The maximum Gasteiger partial charge on any atom is 0.157 e. The van der Waals surface area contributed by atoms with Crippen molar-refractivity contribution >= 4 is 74.8 Å². The fourth-order valence-electron chi connectivity index (χ4n) is 0.109. The van der Waals surface area contributed by atoms with Crippen LogP contribution in [0.1, 0.15) is 0 Å². The first-order valence-electron chi connectivity index (χ1n) is 1.64. The fourth-order valence-corrected chi connectivity index (χ4v) is 1.70. The van der Waals surface area contributed by atoms with Crippen molar-refractivity contribution in [1.29, 1.82) is 0 Å². The molecule has 0 rings (SSSR count). The minimum absolute atomic E-state index is 0.704. The van der Waals surface area contributed by atoms with Crippen LogP contribution in [-0.2, 0) is 11.1 Å². The molecule has 0 aliphatic heterocycles. The van der Waals surface area contributed by atoms with Gasteiger partial charge < -0.3 is 4.55 Å². The number of halogens is 4. The Hall–Kier alpha value is 2.03. The molecular formula is C2HBr4O2S-. The minimum atomic E-state index is -2.15. The first kappa shape index (κ1) is 11.0. The van der Waals surface area contributed by atoms with Crippen molar-refractivity contribution in [1.82, 2.24) is 0 Å². The summed E-state index contributed by atoms with van der Waals surface area (Å²) in [7, 11) is 0. The zero-order chi connectivity index (χ0) is 7.65. The second kappa shape index (κ2) is 4.15. The fraction of sp³-hybridized carbons (Fsp3) is 1.00. The van der Waals surface area contributed by atoms with Crippen molar-refractivity contribution in [3.8, 4) is 0 Å². The Morgan fingerprint density at radius 2 is 1.78 bits per heavy atom. The van der Waals surface area contributed by atoms with Gasteiger partial charge in [0.25, 0.3) is 0 Å². The average Bonchev–Trinajstić information content (AvgIpc) is 1.62. The van der Waals surface area contributed by atoms with E-state index in [1.807, 2.05) is 0 Å². The summed E-state index contributed by atoms with van der Waals surface area (Å²) < 4.78 is 18.9. The first-order valence-corrected chi connectivity index (χ1v) is 6.08. The van der Waals surface area contributed by atoms with Crippen LogP contribution in [0.2, 0.25) is 0 Å². The molecular weight excluding hydrogens is 408 g/mol. The molecule has 0 spiro atoms. The molecule has 0 heterocycles. The number of rotatable bonds is 1. The zero-order valence-corrected chi connectivity index (χ0v) is 11.0. The van der Waals surface area contributed by atoms with Gasteiger partial charge in [-0.15, -0.1) is 0 Å². The van der Waals surface area contributed by atoms with Crippen molar-refractivity contribution < 1.29 is 8.76 Å². The largest absolute Gasteiger partial charge is 0.771 e. The van der Waals surface area contributed by atoms with E-state index in [0.29, 0.717) is 0 Å². The van der Waals surface area contributed by atoms with E-state index in [4.69, 9.17) is 0 Å². The Morgan fingerprint density at radius 3 is 1.78 bits per heavy atom. The number of alkyl halides is 4. The van der Waals surface area contributed by atoms with Gasteiger partial charge in [0.15, 0.2) is 2.14 Å². The van der Waals surface area contributed by atoms with Gasteiger partial charge >= 0.3 is 0 Å². The quantitative estimate of drug-likeness (QED) is 0.494. The topological polar surface area (TPSA) is 40.1 Å². The van der Waals surface area contributed by atoms with Crippen molar-refractivity contribution in [2.45, 2.75) is 6.30 Å². The molecule has 0 N–H and O–H groups in total. The zero-order valence-electron chi connectivity index (χ0n) is 3.81. The summed E-state index contributed by atoms with van der Waals surface area (Å²) in [4.78, 5) is 0. The SMILES string of the molecule is O=S([O-])C(Br)C(Br)(Br)Br. The van der Waals surface area contributed by atoms with Gasteiger partial charge in [0.2, 0.25) is 0 Å². The smallest absolute Gasteiger partial charge is 0.157 e. The third-order valence-electron chi connectivity index (χ3n) is 0.426. The van der Waals surface area contributed by atoms with E-state index in [9.17, 15) is 8.76 Å². The highest BCUT2D eigenvalue weighted by Gasteiger charge is 2.29. The molecule has 0 fully saturated rings. The molecule has 7 heteroatoms. The Bertz CT molecular complexity index is 120. The summed E-state index contributed by atoms with van der Waals surface area (Å²) in [5, 5.41) is 0. The molecule has 0 saturated heterocycles. The molecule has 0 saturated carbocycles. The molecule has 0 amide bonds. The lowest BCUT2D eigenvalue weighted by molar-refractivity contribution is 0.536. The summed E-state index contributed by atoms with van der Waals surface area (Å²) in [6, 6.07) is 0. The van der Waals surface area contributed by atoms with Gasteiger partial charge in [-0.3, -0.25) is 4.21 Å². The van der Waals surface area contributed by atoms with E-state index in [1.54, 1.807) is 0 Å². The van der Waals surface area contributed by atoms with Crippen LogP contribution in [-0.4, -0.2) is 15.1 Å². The maximum atomic E-state index is 10.2. The van der Waals surface area contributed by atoms with E-state index >= 15 is 0 Å². The lowest BCUT2D eigenvalue weighted by atomic mass is 11.0. The van der Waals surface area contributed by atoms with Crippen LogP contribution >= 0.6 is 63.7 Å². The highest BCUT2D eigenvalue weighted by molar-refractivity contribution is 9.40. The van der Waals surface area contributed by atoms with Crippen LogP contribution in [0.4, 0.5) is 0 Å². The Kier molecular flexibility index (Phi) is 5.09. The number of hydrogen-bond acceptors (Lipinski definition) is 2. The Balaban J connectivity index is 4.04. The predicted octanol–water partition coefficient (Wildman–Crippen LogP) is 2.42. The van der Waals surface area contributed by atoms with Crippen molar-refractivity contribution in [2.24, 2.45) is 0 Å². The lowest BCUT2D eigenvalue weighted by Crippen LogP contribution is -2.21. The summed E-state index contributed by atoms with van der Waals surface area (Å²) >= 11 is 9.87. The lowest BCUT2D eigenvalue weighted by Gasteiger charge is -2.21. The van der Waals surface area contributed by atoms with Crippen LogP contribution in [0.15, 0.2) is 0 Å². The summed E-state index contributed by atoms with van der Waals surface area (Å²) in [6.45, 7) is 0. The van der Waals surface area contributed by atoms with Gasteiger partial charge in [-0.25, -0.2) is 0 Å². The van der Waals surface area contributed by atoms with Crippen LogP contribution in [0.25, 0.3) is 0 Å². The molecule has 2 unspecified atom stereocenters. The van der Waals surface area contributed by atoms with Crippen molar-refractivity contribution in [2.75, 3.05) is 0 Å².